The Morgan fingerprint density at radius 1 is 1.59 bits per heavy atom. The first kappa shape index (κ1) is 14.1. The Morgan fingerprint density at radius 2 is 2.29 bits per heavy atom. The molecule has 0 saturated heterocycles. The van der Waals surface area contributed by atoms with Crippen molar-refractivity contribution in [1.29, 1.82) is 0 Å². The normalized spacial score (nSPS) is 12.2. The maximum Gasteiger partial charge on any atom is 0.254 e. The van der Waals surface area contributed by atoms with Gasteiger partial charge >= 0.3 is 0 Å². The highest BCUT2D eigenvalue weighted by molar-refractivity contribution is 9.10. The number of hydrogen-bond donors (Lipinski definition) is 1. The third-order valence-electron chi connectivity index (χ3n) is 2.12. The van der Waals surface area contributed by atoms with Crippen LogP contribution in [0.15, 0.2) is 22.7 Å². The molecular formula is C12H15BrFNO2. The lowest BCUT2D eigenvalue weighted by atomic mass is 10.2. The van der Waals surface area contributed by atoms with Crippen molar-refractivity contribution in [2.45, 2.75) is 19.9 Å². The fraction of sp³-hybridized carbons (Fsp3) is 0.417. The summed E-state index contributed by atoms with van der Waals surface area (Å²) >= 11 is 3.20. The average Bonchev–Trinajstić information content (AvgIpc) is 2.29. The van der Waals surface area contributed by atoms with Crippen LogP contribution in [-0.2, 0) is 4.74 Å². The molecule has 0 aliphatic rings. The minimum Gasteiger partial charge on any atom is -0.380 e. The molecule has 0 aliphatic heterocycles. The molecule has 1 N–H and O–H groups in total. The Morgan fingerprint density at radius 3 is 2.94 bits per heavy atom. The predicted molar refractivity (Wildman–Crippen MR) is 67.5 cm³/mol. The van der Waals surface area contributed by atoms with Gasteiger partial charge in [-0.15, -0.1) is 0 Å². The lowest BCUT2D eigenvalue weighted by molar-refractivity contribution is 0.0868. The van der Waals surface area contributed by atoms with Gasteiger partial charge in [-0.2, -0.15) is 0 Å². The molecule has 17 heavy (non-hydrogen) atoms. The second-order valence-corrected chi connectivity index (χ2v) is 4.57. The van der Waals surface area contributed by atoms with Crippen molar-refractivity contribution >= 4 is 21.8 Å². The molecule has 0 heterocycles. The number of carbonyl (C=O) groups excluding carboxylic acids is 1. The van der Waals surface area contributed by atoms with Crippen LogP contribution in [0.1, 0.15) is 24.2 Å². The molecule has 0 bridgehead atoms. The second kappa shape index (κ2) is 6.71. The van der Waals surface area contributed by atoms with E-state index >= 15 is 0 Å². The van der Waals surface area contributed by atoms with Crippen LogP contribution in [-0.4, -0.2) is 25.2 Å². The highest BCUT2D eigenvalue weighted by Gasteiger charge is 2.14. The molecule has 94 valence electrons. The van der Waals surface area contributed by atoms with Crippen LogP contribution in [0.2, 0.25) is 0 Å². The number of amides is 1. The van der Waals surface area contributed by atoms with Gasteiger partial charge < -0.3 is 10.1 Å². The number of carbonyl (C=O) groups is 1. The first-order valence-electron chi connectivity index (χ1n) is 5.38. The zero-order valence-corrected chi connectivity index (χ0v) is 11.4. The molecule has 1 aromatic rings. The zero-order chi connectivity index (χ0) is 12.8. The first-order chi connectivity index (χ1) is 8.04. The standard InChI is InChI=1S/C12H15BrFNO2/c1-3-17-7-8(2)15-12(16)10-6-9(13)4-5-11(10)14/h4-6,8H,3,7H2,1-2H3,(H,15,16). The van der Waals surface area contributed by atoms with E-state index in [1.807, 2.05) is 13.8 Å². The smallest absolute Gasteiger partial charge is 0.254 e. The minimum atomic E-state index is -0.533. The SMILES string of the molecule is CCOCC(C)NC(=O)c1cc(Br)ccc1F. The van der Waals surface area contributed by atoms with Crippen molar-refractivity contribution in [3.63, 3.8) is 0 Å². The number of benzene rings is 1. The van der Waals surface area contributed by atoms with Gasteiger partial charge in [-0.1, -0.05) is 15.9 Å². The fourth-order valence-electron chi connectivity index (χ4n) is 1.31. The predicted octanol–water partition coefficient (Wildman–Crippen LogP) is 2.74. The summed E-state index contributed by atoms with van der Waals surface area (Å²) in [5.74, 6) is -0.967. The number of rotatable bonds is 5. The van der Waals surface area contributed by atoms with Crippen molar-refractivity contribution in [2.75, 3.05) is 13.2 Å². The number of hydrogen-bond acceptors (Lipinski definition) is 2. The number of nitrogens with one attached hydrogen (secondary N) is 1. The molecule has 0 spiro atoms. The molecule has 1 unspecified atom stereocenters. The molecule has 0 aromatic heterocycles. The van der Waals surface area contributed by atoms with Crippen molar-refractivity contribution in [3.8, 4) is 0 Å². The van der Waals surface area contributed by atoms with E-state index in [0.29, 0.717) is 17.7 Å². The third-order valence-corrected chi connectivity index (χ3v) is 2.62. The quantitative estimate of drug-likeness (QED) is 0.908. The van der Waals surface area contributed by atoms with Crippen molar-refractivity contribution in [1.82, 2.24) is 5.32 Å². The summed E-state index contributed by atoms with van der Waals surface area (Å²) in [6.45, 7) is 4.69. The van der Waals surface area contributed by atoms with Gasteiger partial charge in [0.15, 0.2) is 0 Å². The lowest BCUT2D eigenvalue weighted by Gasteiger charge is -2.14. The Kier molecular flexibility index (Phi) is 5.58. The van der Waals surface area contributed by atoms with Gasteiger partial charge in [0.1, 0.15) is 5.82 Å². The van der Waals surface area contributed by atoms with E-state index in [2.05, 4.69) is 21.2 Å². The summed E-state index contributed by atoms with van der Waals surface area (Å²) in [5, 5.41) is 2.67. The van der Waals surface area contributed by atoms with E-state index < -0.39 is 11.7 Å². The van der Waals surface area contributed by atoms with E-state index in [1.54, 1.807) is 6.07 Å². The molecule has 1 aromatic carbocycles. The second-order valence-electron chi connectivity index (χ2n) is 3.66. The monoisotopic (exact) mass is 303 g/mol. The van der Waals surface area contributed by atoms with E-state index in [1.165, 1.54) is 12.1 Å². The maximum atomic E-state index is 13.4. The van der Waals surface area contributed by atoms with Crippen LogP contribution in [0.5, 0.6) is 0 Å². The van der Waals surface area contributed by atoms with E-state index in [9.17, 15) is 9.18 Å². The van der Waals surface area contributed by atoms with E-state index in [0.717, 1.165) is 0 Å². The van der Waals surface area contributed by atoms with Crippen LogP contribution in [0.3, 0.4) is 0 Å². The maximum absolute atomic E-state index is 13.4. The Labute approximate surface area is 108 Å². The lowest BCUT2D eigenvalue weighted by Crippen LogP contribution is -2.36. The van der Waals surface area contributed by atoms with E-state index in [4.69, 9.17) is 4.74 Å². The van der Waals surface area contributed by atoms with Gasteiger partial charge in [-0.25, -0.2) is 4.39 Å². The molecule has 0 radical (unpaired) electrons. The summed E-state index contributed by atoms with van der Waals surface area (Å²) < 4.78 is 19.2. The van der Waals surface area contributed by atoms with Crippen molar-refractivity contribution < 1.29 is 13.9 Å². The van der Waals surface area contributed by atoms with Gasteiger partial charge in [0.05, 0.1) is 12.2 Å². The number of halogens is 2. The Balaban J connectivity index is 2.66. The van der Waals surface area contributed by atoms with Crippen LogP contribution in [0.4, 0.5) is 4.39 Å². The van der Waals surface area contributed by atoms with Crippen molar-refractivity contribution in [2.24, 2.45) is 0 Å². The zero-order valence-electron chi connectivity index (χ0n) is 9.80. The minimum absolute atomic E-state index is 0.0303. The highest BCUT2D eigenvalue weighted by Crippen LogP contribution is 2.15. The molecule has 0 saturated carbocycles. The molecule has 1 atom stereocenters. The molecule has 0 fully saturated rings. The van der Waals surface area contributed by atoms with Crippen LogP contribution in [0.25, 0.3) is 0 Å². The summed E-state index contributed by atoms with van der Waals surface area (Å²) in [4.78, 5) is 11.8. The van der Waals surface area contributed by atoms with Gasteiger partial charge in [0.2, 0.25) is 0 Å². The molecule has 3 nitrogen and oxygen atoms in total. The fourth-order valence-corrected chi connectivity index (χ4v) is 1.67. The van der Waals surface area contributed by atoms with Gasteiger partial charge in [0.25, 0.3) is 5.91 Å². The molecular weight excluding hydrogens is 289 g/mol. The number of ether oxygens (including phenoxy) is 1. The largest absolute Gasteiger partial charge is 0.380 e. The Bertz CT molecular complexity index is 398. The summed E-state index contributed by atoms with van der Waals surface area (Å²) in [5.41, 5.74) is 0.0303. The average molecular weight is 304 g/mol. The Hall–Kier alpha value is -0.940. The molecule has 1 rings (SSSR count). The van der Waals surface area contributed by atoms with Gasteiger partial charge in [-0.05, 0) is 32.0 Å². The van der Waals surface area contributed by atoms with Gasteiger partial charge in [-0.3, -0.25) is 4.79 Å². The topological polar surface area (TPSA) is 38.3 Å². The van der Waals surface area contributed by atoms with Crippen LogP contribution in [0, 0.1) is 5.82 Å². The summed E-state index contributed by atoms with van der Waals surface area (Å²) in [6.07, 6.45) is 0. The molecule has 0 aliphatic carbocycles. The van der Waals surface area contributed by atoms with Crippen molar-refractivity contribution in [3.05, 3.63) is 34.1 Å². The molecule has 1 amide bonds. The highest BCUT2D eigenvalue weighted by atomic mass is 79.9. The molecule has 5 heteroatoms. The third kappa shape index (κ3) is 4.44. The van der Waals surface area contributed by atoms with E-state index in [-0.39, 0.29) is 11.6 Å². The summed E-state index contributed by atoms with van der Waals surface area (Å²) in [7, 11) is 0. The first-order valence-corrected chi connectivity index (χ1v) is 6.17. The van der Waals surface area contributed by atoms with Crippen LogP contribution >= 0.6 is 15.9 Å². The summed E-state index contributed by atoms with van der Waals surface area (Å²) in [6, 6.07) is 4.11. The van der Waals surface area contributed by atoms with Gasteiger partial charge in [0, 0.05) is 17.1 Å². The van der Waals surface area contributed by atoms with Crippen LogP contribution < -0.4 is 5.32 Å².